The van der Waals surface area contributed by atoms with Crippen LogP contribution in [0, 0.1) is 5.92 Å². The van der Waals surface area contributed by atoms with E-state index in [1.807, 2.05) is 12.3 Å². The number of hydrogen-bond acceptors (Lipinski definition) is 5. The van der Waals surface area contributed by atoms with Crippen molar-refractivity contribution in [3.63, 3.8) is 0 Å². The van der Waals surface area contributed by atoms with Crippen molar-refractivity contribution in [3.8, 4) is 10.7 Å². The predicted octanol–water partition coefficient (Wildman–Crippen LogP) is 2.17. The van der Waals surface area contributed by atoms with E-state index in [0.29, 0.717) is 17.4 Å². The number of thiophene rings is 1. The molecule has 1 N–H and O–H groups in total. The third-order valence-electron chi connectivity index (χ3n) is 2.36. The largest absolute Gasteiger partial charge is 0.481 e. The first-order valence-corrected chi connectivity index (χ1v) is 6.55. The van der Waals surface area contributed by atoms with Crippen LogP contribution < -0.4 is 0 Å². The van der Waals surface area contributed by atoms with Crippen molar-refractivity contribution in [2.24, 2.45) is 5.92 Å². The van der Waals surface area contributed by atoms with Gasteiger partial charge in [0.2, 0.25) is 0 Å². The molecule has 0 saturated heterocycles. The predicted molar refractivity (Wildman–Crippen MR) is 67.6 cm³/mol. The van der Waals surface area contributed by atoms with Crippen molar-refractivity contribution >= 4 is 28.9 Å². The van der Waals surface area contributed by atoms with Gasteiger partial charge in [-0.05, 0) is 27.8 Å². The molecule has 18 heavy (non-hydrogen) atoms. The number of halogens is 1. The molecule has 0 aliphatic heterocycles. The van der Waals surface area contributed by atoms with Crippen LogP contribution in [0.5, 0.6) is 0 Å². The zero-order valence-corrected chi connectivity index (χ0v) is 11.1. The van der Waals surface area contributed by atoms with Gasteiger partial charge >= 0.3 is 5.97 Å². The Bertz CT molecular complexity index is 554. The van der Waals surface area contributed by atoms with Gasteiger partial charge in [-0.15, -0.1) is 16.4 Å². The zero-order chi connectivity index (χ0) is 13.1. The van der Waals surface area contributed by atoms with E-state index in [2.05, 4.69) is 15.5 Å². The van der Waals surface area contributed by atoms with Gasteiger partial charge in [-0.3, -0.25) is 4.79 Å². The minimum atomic E-state index is -0.828. The Morgan fingerprint density at radius 2 is 2.44 bits per heavy atom. The van der Waals surface area contributed by atoms with Gasteiger partial charge in [0.15, 0.2) is 5.82 Å². The van der Waals surface area contributed by atoms with Crippen LogP contribution >= 0.6 is 22.9 Å². The first-order valence-electron chi connectivity index (χ1n) is 5.29. The number of rotatable bonds is 5. The van der Waals surface area contributed by atoms with E-state index in [0.717, 1.165) is 4.88 Å². The summed E-state index contributed by atoms with van der Waals surface area (Å²) in [4.78, 5) is 11.4. The second-order valence-electron chi connectivity index (χ2n) is 3.99. The molecule has 2 rings (SSSR count). The minimum Gasteiger partial charge on any atom is -0.481 e. The van der Waals surface area contributed by atoms with E-state index in [4.69, 9.17) is 16.7 Å². The highest BCUT2D eigenvalue weighted by Gasteiger charge is 2.16. The molecule has 0 aliphatic carbocycles. The fraction of sp³-hybridized carbons (Fsp3) is 0.400. The molecule has 2 heterocycles. The highest BCUT2D eigenvalue weighted by atomic mass is 35.5. The number of carbonyl (C=O) groups is 1. The van der Waals surface area contributed by atoms with Crippen molar-refractivity contribution in [1.29, 1.82) is 0 Å². The van der Waals surface area contributed by atoms with Crippen molar-refractivity contribution in [2.45, 2.75) is 19.9 Å². The first-order chi connectivity index (χ1) is 8.58. The Morgan fingerprint density at radius 3 is 3.06 bits per heavy atom. The van der Waals surface area contributed by atoms with Gasteiger partial charge in [0.25, 0.3) is 0 Å². The molecule has 0 radical (unpaired) electrons. The minimum absolute atomic E-state index is 0.0523. The molecule has 2 aromatic rings. The van der Waals surface area contributed by atoms with E-state index in [-0.39, 0.29) is 12.3 Å². The molecule has 0 spiro atoms. The average Bonchev–Trinajstić information content (AvgIpc) is 2.85. The van der Waals surface area contributed by atoms with Crippen LogP contribution in [0.1, 0.15) is 13.3 Å². The van der Waals surface area contributed by atoms with E-state index in [1.165, 1.54) is 11.3 Å². The Kier molecular flexibility index (Phi) is 3.93. The highest BCUT2D eigenvalue weighted by molar-refractivity contribution is 7.14. The third-order valence-corrected chi connectivity index (χ3v) is 3.70. The van der Waals surface area contributed by atoms with Gasteiger partial charge in [0, 0.05) is 13.0 Å². The van der Waals surface area contributed by atoms with Crippen molar-refractivity contribution in [2.75, 3.05) is 0 Å². The summed E-state index contributed by atoms with van der Waals surface area (Å²) in [5.41, 5.74) is 0. The summed E-state index contributed by atoms with van der Waals surface area (Å²) < 4.78 is 1.59. The van der Waals surface area contributed by atoms with Gasteiger partial charge in [0.05, 0.1) is 9.90 Å². The summed E-state index contributed by atoms with van der Waals surface area (Å²) >= 11 is 7.48. The maximum atomic E-state index is 10.6. The molecule has 0 aliphatic rings. The zero-order valence-electron chi connectivity index (χ0n) is 9.58. The van der Waals surface area contributed by atoms with Gasteiger partial charge < -0.3 is 5.11 Å². The lowest BCUT2D eigenvalue weighted by molar-refractivity contribution is -0.138. The maximum Gasteiger partial charge on any atom is 0.303 e. The standard InChI is InChI=1S/C10H11ClN4O2S/c1-6(4-8(16)17)5-15-10(12-13-14-15)9-7(11)2-3-18-9/h2-3,6H,4-5H2,1H3,(H,16,17). The monoisotopic (exact) mass is 286 g/mol. The topological polar surface area (TPSA) is 80.9 Å². The molecule has 2 aromatic heterocycles. The van der Waals surface area contributed by atoms with Crippen LogP contribution in [0.3, 0.4) is 0 Å². The van der Waals surface area contributed by atoms with Gasteiger partial charge in [-0.2, -0.15) is 0 Å². The van der Waals surface area contributed by atoms with Crippen LogP contribution in [-0.4, -0.2) is 31.3 Å². The lowest BCUT2D eigenvalue weighted by Crippen LogP contribution is -2.14. The summed E-state index contributed by atoms with van der Waals surface area (Å²) in [6.07, 6.45) is 0.0808. The van der Waals surface area contributed by atoms with Gasteiger partial charge in [-0.1, -0.05) is 18.5 Å². The molecule has 0 fully saturated rings. The third kappa shape index (κ3) is 2.85. The van der Waals surface area contributed by atoms with E-state index < -0.39 is 5.97 Å². The van der Waals surface area contributed by atoms with Crippen LogP contribution in [-0.2, 0) is 11.3 Å². The summed E-state index contributed by atoms with van der Waals surface area (Å²) in [6.45, 7) is 2.29. The van der Waals surface area contributed by atoms with E-state index in [9.17, 15) is 4.79 Å². The smallest absolute Gasteiger partial charge is 0.303 e. The molecular formula is C10H11ClN4O2S. The Balaban J connectivity index is 2.18. The lowest BCUT2D eigenvalue weighted by atomic mass is 10.1. The second-order valence-corrected chi connectivity index (χ2v) is 5.31. The number of carboxylic acid groups (broad SMARTS) is 1. The number of nitrogens with zero attached hydrogens (tertiary/aromatic N) is 4. The normalized spacial score (nSPS) is 12.6. The van der Waals surface area contributed by atoms with Gasteiger partial charge in [-0.25, -0.2) is 4.68 Å². The Morgan fingerprint density at radius 1 is 1.67 bits per heavy atom. The summed E-state index contributed by atoms with van der Waals surface area (Å²) in [6, 6.07) is 1.78. The number of aliphatic carboxylic acids is 1. The quantitative estimate of drug-likeness (QED) is 0.911. The Hall–Kier alpha value is -1.47. The fourth-order valence-corrected chi connectivity index (χ4v) is 2.73. The van der Waals surface area contributed by atoms with Crippen molar-refractivity contribution < 1.29 is 9.90 Å². The molecular weight excluding hydrogens is 276 g/mol. The number of aromatic nitrogens is 4. The highest BCUT2D eigenvalue weighted by Crippen LogP contribution is 2.31. The SMILES string of the molecule is CC(CC(=O)O)Cn1nnnc1-c1sccc1Cl. The number of hydrogen-bond donors (Lipinski definition) is 1. The van der Waals surface area contributed by atoms with Crippen LogP contribution in [0.15, 0.2) is 11.4 Å². The fourth-order valence-electron chi connectivity index (χ4n) is 1.60. The van der Waals surface area contributed by atoms with Crippen molar-refractivity contribution in [3.05, 3.63) is 16.5 Å². The Labute approximate surface area is 112 Å². The molecule has 1 unspecified atom stereocenters. The maximum absolute atomic E-state index is 10.6. The second kappa shape index (κ2) is 5.45. The number of carboxylic acids is 1. The molecule has 6 nitrogen and oxygen atoms in total. The summed E-state index contributed by atoms with van der Waals surface area (Å²) in [5, 5.41) is 22.6. The van der Waals surface area contributed by atoms with Crippen LogP contribution in [0.25, 0.3) is 10.7 Å². The molecule has 1 atom stereocenters. The van der Waals surface area contributed by atoms with Crippen LogP contribution in [0.4, 0.5) is 0 Å². The molecule has 8 heteroatoms. The van der Waals surface area contributed by atoms with E-state index >= 15 is 0 Å². The summed E-state index contributed by atoms with van der Waals surface area (Å²) in [7, 11) is 0. The van der Waals surface area contributed by atoms with Gasteiger partial charge in [0.1, 0.15) is 0 Å². The lowest BCUT2D eigenvalue weighted by Gasteiger charge is -2.09. The number of tetrazole rings is 1. The van der Waals surface area contributed by atoms with Crippen molar-refractivity contribution in [1.82, 2.24) is 20.2 Å². The average molecular weight is 287 g/mol. The van der Waals surface area contributed by atoms with Crippen LogP contribution in [0.2, 0.25) is 5.02 Å². The molecule has 0 saturated carbocycles. The molecule has 0 amide bonds. The first kappa shape index (κ1) is 13.0. The molecule has 96 valence electrons. The molecule has 0 aromatic carbocycles. The summed E-state index contributed by atoms with van der Waals surface area (Å²) in [5.74, 6) is -0.304. The van der Waals surface area contributed by atoms with E-state index in [1.54, 1.807) is 10.7 Å². The molecule has 0 bridgehead atoms.